The fourth-order valence-corrected chi connectivity index (χ4v) is 3.57. The van der Waals surface area contributed by atoms with Crippen molar-refractivity contribution in [2.24, 2.45) is 0 Å². The Bertz CT molecular complexity index is 456. The summed E-state index contributed by atoms with van der Waals surface area (Å²) < 4.78 is 5.58. The zero-order valence-corrected chi connectivity index (χ0v) is 11.6. The molecule has 104 valence electrons. The quantitative estimate of drug-likeness (QED) is 0.895. The van der Waals surface area contributed by atoms with E-state index >= 15 is 0 Å². The van der Waals surface area contributed by atoms with Crippen LogP contribution in [0.25, 0.3) is 0 Å². The van der Waals surface area contributed by atoms with E-state index in [0.29, 0.717) is 11.4 Å². The van der Waals surface area contributed by atoms with Gasteiger partial charge in [-0.25, -0.2) is 4.98 Å². The maximum atomic E-state index is 12.3. The van der Waals surface area contributed by atoms with Crippen LogP contribution >= 0.6 is 11.3 Å². The first kappa shape index (κ1) is 13.0. The highest BCUT2D eigenvalue weighted by Crippen LogP contribution is 2.31. The van der Waals surface area contributed by atoms with E-state index in [-0.39, 0.29) is 18.1 Å². The number of rotatable bonds is 2. The van der Waals surface area contributed by atoms with Crippen molar-refractivity contribution in [3.63, 3.8) is 0 Å². The van der Waals surface area contributed by atoms with Crippen LogP contribution in [-0.4, -0.2) is 46.7 Å². The molecule has 2 aliphatic rings. The SMILES string of the molecule is O=C(c1cnc(C2CCCO2)s1)N1CCCC(O)C1. The third-order valence-electron chi connectivity index (χ3n) is 3.62. The number of carbonyl (C=O) groups is 1. The Morgan fingerprint density at radius 1 is 1.47 bits per heavy atom. The molecular weight excluding hydrogens is 264 g/mol. The summed E-state index contributed by atoms with van der Waals surface area (Å²) >= 11 is 1.42. The Morgan fingerprint density at radius 2 is 2.37 bits per heavy atom. The largest absolute Gasteiger partial charge is 0.391 e. The van der Waals surface area contributed by atoms with Crippen molar-refractivity contribution in [2.75, 3.05) is 19.7 Å². The first-order valence-electron chi connectivity index (χ1n) is 6.78. The minimum Gasteiger partial charge on any atom is -0.391 e. The van der Waals surface area contributed by atoms with Crippen LogP contribution in [0.15, 0.2) is 6.20 Å². The summed E-state index contributed by atoms with van der Waals surface area (Å²) in [5.41, 5.74) is 0. The number of hydrogen-bond acceptors (Lipinski definition) is 5. The second kappa shape index (κ2) is 5.56. The summed E-state index contributed by atoms with van der Waals surface area (Å²) in [4.78, 5) is 19.0. The summed E-state index contributed by atoms with van der Waals surface area (Å²) in [5, 5.41) is 10.5. The van der Waals surface area contributed by atoms with Crippen LogP contribution in [-0.2, 0) is 4.74 Å². The third-order valence-corrected chi connectivity index (χ3v) is 4.70. The number of β-amino-alcohol motifs (C(OH)–C–C–N with tert-alkyl or cyclic N) is 1. The minimum atomic E-state index is -0.386. The first-order chi connectivity index (χ1) is 9.24. The summed E-state index contributed by atoms with van der Waals surface area (Å²) in [6.45, 7) is 1.95. The Hall–Kier alpha value is -0.980. The monoisotopic (exact) mass is 282 g/mol. The molecule has 2 aliphatic heterocycles. The maximum absolute atomic E-state index is 12.3. The van der Waals surface area contributed by atoms with E-state index in [0.717, 1.165) is 43.8 Å². The molecule has 1 aromatic rings. The van der Waals surface area contributed by atoms with E-state index < -0.39 is 0 Å². The van der Waals surface area contributed by atoms with Gasteiger partial charge in [-0.3, -0.25) is 4.79 Å². The summed E-state index contributed by atoms with van der Waals surface area (Å²) in [6, 6.07) is 0. The number of carbonyl (C=O) groups excluding carboxylic acids is 1. The lowest BCUT2D eigenvalue weighted by Gasteiger charge is -2.29. The highest BCUT2D eigenvalue weighted by molar-refractivity contribution is 7.13. The van der Waals surface area contributed by atoms with Crippen LogP contribution in [0, 0.1) is 0 Å². The molecule has 0 aliphatic carbocycles. The molecule has 19 heavy (non-hydrogen) atoms. The molecule has 0 spiro atoms. The van der Waals surface area contributed by atoms with Gasteiger partial charge in [0.1, 0.15) is 16.0 Å². The van der Waals surface area contributed by atoms with Gasteiger partial charge in [-0.1, -0.05) is 0 Å². The van der Waals surface area contributed by atoms with Gasteiger partial charge in [0.15, 0.2) is 0 Å². The highest BCUT2D eigenvalue weighted by atomic mass is 32.1. The number of nitrogens with zero attached hydrogens (tertiary/aromatic N) is 2. The zero-order chi connectivity index (χ0) is 13.2. The number of thiazole rings is 1. The molecule has 3 rings (SSSR count). The molecule has 1 N–H and O–H groups in total. The number of aliphatic hydroxyl groups excluding tert-OH is 1. The summed E-state index contributed by atoms with van der Waals surface area (Å²) in [6.07, 6.45) is 5.03. The van der Waals surface area contributed by atoms with Gasteiger partial charge in [0.25, 0.3) is 5.91 Å². The molecular formula is C13H18N2O3S. The Balaban J connectivity index is 1.69. The van der Waals surface area contributed by atoms with Gasteiger partial charge >= 0.3 is 0 Å². The Kier molecular flexibility index (Phi) is 3.81. The molecule has 5 nitrogen and oxygen atoms in total. The normalized spacial score (nSPS) is 27.7. The van der Waals surface area contributed by atoms with E-state index in [1.165, 1.54) is 11.3 Å². The number of aliphatic hydroxyl groups is 1. The van der Waals surface area contributed by atoms with Gasteiger partial charge in [0.2, 0.25) is 0 Å². The van der Waals surface area contributed by atoms with Crippen LogP contribution in [0.2, 0.25) is 0 Å². The van der Waals surface area contributed by atoms with Gasteiger partial charge in [0.05, 0.1) is 12.3 Å². The maximum Gasteiger partial charge on any atom is 0.265 e. The number of aromatic nitrogens is 1. The van der Waals surface area contributed by atoms with Gasteiger partial charge in [-0.2, -0.15) is 0 Å². The summed E-state index contributed by atoms with van der Waals surface area (Å²) in [7, 11) is 0. The lowest BCUT2D eigenvalue weighted by atomic mass is 10.1. The smallest absolute Gasteiger partial charge is 0.265 e. The minimum absolute atomic E-state index is 0.0134. The zero-order valence-electron chi connectivity index (χ0n) is 10.7. The summed E-state index contributed by atoms with van der Waals surface area (Å²) in [5.74, 6) is -0.0134. The molecule has 0 saturated carbocycles. The standard InChI is InChI=1S/C13H18N2O3S/c16-9-3-1-5-15(8-9)13(17)11-7-14-12(19-11)10-4-2-6-18-10/h7,9-10,16H,1-6,8H2. The van der Waals surface area contributed by atoms with Crippen LogP contribution in [0.1, 0.15) is 46.5 Å². The van der Waals surface area contributed by atoms with Crippen LogP contribution in [0.5, 0.6) is 0 Å². The lowest BCUT2D eigenvalue weighted by Crippen LogP contribution is -2.41. The van der Waals surface area contributed by atoms with E-state index in [2.05, 4.69) is 4.98 Å². The predicted octanol–water partition coefficient (Wildman–Crippen LogP) is 1.59. The van der Waals surface area contributed by atoms with E-state index in [1.54, 1.807) is 11.1 Å². The Labute approximate surface area is 116 Å². The van der Waals surface area contributed by atoms with Crippen LogP contribution < -0.4 is 0 Å². The average molecular weight is 282 g/mol. The highest BCUT2D eigenvalue weighted by Gasteiger charge is 2.26. The van der Waals surface area contributed by atoms with E-state index in [1.807, 2.05) is 0 Å². The van der Waals surface area contributed by atoms with Crippen molar-refractivity contribution in [1.29, 1.82) is 0 Å². The van der Waals surface area contributed by atoms with Crippen molar-refractivity contribution in [3.8, 4) is 0 Å². The van der Waals surface area contributed by atoms with E-state index in [4.69, 9.17) is 4.74 Å². The Morgan fingerprint density at radius 3 is 3.11 bits per heavy atom. The molecule has 2 atom stereocenters. The number of piperidine rings is 1. The third kappa shape index (κ3) is 2.80. The van der Waals surface area contributed by atoms with Gasteiger partial charge < -0.3 is 14.7 Å². The van der Waals surface area contributed by atoms with Crippen molar-refractivity contribution in [3.05, 3.63) is 16.1 Å². The van der Waals surface area contributed by atoms with Crippen LogP contribution in [0.3, 0.4) is 0 Å². The molecule has 6 heteroatoms. The fraction of sp³-hybridized carbons (Fsp3) is 0.692. The topological polar surface area (TPSA) is 62.7 Å². The molecule has 0 radical (unpaired) electrons. The van der Waals surface area contributed by atoms with Crippen molar-refractivity contribution >= 4 is 17.2 Å². The number of hydrogen-bond donors (Lipinski definition) is 1. The molecule has 0 bridgehead atoms. The number of ether oxygens (including phenoxy) is 1. The van der Waals surface area contributed by atoms with Crippen molar-refractivity contribution < 1.29 is 14.6 Å². The lowest BCUT2D eigenvalue weighted by molar-refractivity contribution is 0.0477. The first-order valence-corrected chi connectivity index (χ1v) is 7.60. The van der Waals surface area contributed by atoms with Crippen molar-refractivity contribution in [1.82, 2.24) is 9.88 Å². The second-order valence-corrected chi connectivity index (χ2v) is 6.17. The molecule has 2 saturated heterocycles. The fourth-order valence-electron chi connectivity index (χ4n) is 2.60. The van der Waals surface area contributed by atoms with Crippen LogP contribution in [0.4, 0.5) is 0 Å². The van der Waals surface area contributed by atoms with Gasteiger partial charge in [-0.05, 0) is 25.7 Å². The van der Waals surface area contributed by atoms with E-state index in [9.17, 15) is 9.90 Å². The van der Waals surface area contributed by atoms with Gasteiger partial charge in [0, 0.05) is 19.7 Å². The molecule has 1 amide bonds. The molecule has 3 heterocycles. The van der Waals surface area contributed by atoms with Crippen molar-refractivity contribution in [2.45, 2.75) is 37.9 Å². The molecule has 0 aromatic carbocycles. The molecule has 2 unspecified atom stereocenters. The second-order valence-electron chi connectivity index (χ2n) is 5.11. The number of likely N-dealkylation sites (tertiary alicyclic amines) is 1. The van der Waals surface area contributed by atoms with Gasteiger partial charge in [-0.15, -0.1) is 11.3 Å². The average Bonchev–Trinajstić information content (AvgIpc) is 3.08. The predicted molar refractivity (Wildman–Crippen MR) is 71.2 cm³/mol. The molecule has 2 fully saturated rings. The number of amides is 1. The molecule has 1 aromatic heterocycles.